The lowest BCUT2D eigenvalue weighted by Crippen LogP contribution is -2.28. The summed E-state index contributed by atoms with van der Waals surface area (Å²) in [5.41, 5.74) is 2.77. The molecule has 0 saturated heterocycles. The highest BCUT2D eigenvalue weighted by molar-refractivity contribution is 5.82. The number of hydrogen-bond donors (Lipinski definition) is 0. The van der Waals surface area contributed by atoms with Crippen molar-refractivity contribution in [2.75, 3.05) is 0 Å². The fourth-order valence-electron chi connectivity index (χ4n) is 3.40. The third kappa shape index (κ3) is 1.83. The van der Waals surface area contributed by atoms with Crippen LogP contribution in [0.2, 0.25) is 0 Å². The van der Waals surface area contributed by atoms with Gasteiger partial charge in [0.1, 0.15) is 17.4 Å². The number of aromatic nitrogens is 2. The molecule has 0 unspecified atom stereocenters. The van der Waals surface area contributed by atoms with Crippen LogP contribution in [-0.4, -0.2) is 9.55 Å². The molecule has 2 aromatic rings. The van der Waals surface area contributed by atoms with Gasteiger partial charge in [0.05, 0.1) is 11.1 Å². The standard InChI is InChI=1S/C16H19N3/c1-16(9-4-3-5-10-16)15-18-14-12(11-17)7-6-8-13(14)19(15)2/h6-8H,3-5,9-10H2,1-2H3. The van der Waals surface area contributed by atoms with E-state index in [2.05, 4.69) is 30.7 Å². The van der Waals surface area contributed by atoms with Crippen molar-refractivity contribution in [3.63, 3.8) is 0 Å². The summed E-state index contributed by atoms with van der Waals surface area (Å²) in [6.07, 6.45) is 6.30. The maximum atomic E-state index is 9.21. The summed E-state index contributed by atoms with van der Waals surface area (Å²) in [6.45, 7) is 2.32. The van der Waals surface area contributed by atoms with Gasteiger partial charge in [0.2, 0.25) is 0 Å². The molecular formula is C16H19N3. The molecule has 1 saturated carbocycles. The zero-order chi connectivity index (χ0) is 13.5. The van der Waals surface area contributed by atoms with Crippen molar-refractivity contribution < 1.29 is 0 Å². The van der Waals surface area contributed by atoms with Crippen molar-refractivity contribution in [2.45, 2.75) is 44.4 Å². The molecule has 3 rings (SSSR count). The average molecular weight is 253 g/mol. The predicted molar refractivity (Wildman–Crippen MR) is 75.9 cm³/mol. The van der Waals surface area contributed by atoms with Crippen LogP contribution in [0.3, 0.4) is 0 Å². The Hall–Kier alpha value is -1.82. The van der Waals surface area contributed by atoms with Crippen LogP contribution < -0.4 is 0 Å². The van der Waals surface area contributed by atoms with E-state index < -0.39 is 0 Å². The van der Waals surface area contributed by atoms with Crippen LogP contribution in [0.4, 0.5) is 0 Å². The van der Waals surface area contributed by atoms with Crippen molar-refractivity contribution in [3.8, 4) is 6.07 Å². The molecule has 3 heteroatoms. The maximum absolute atomic E-state index is 9.21. The second kappa shape index (κ2) is 4.38. The molecule has 1 aromatic carbocycles. The zero-order valence-corrected chi connectivity index (χ0v) is 11.6. The Kier molecular flexibility index (Phi) is 2.82. The molecule has 19 heavy (non-hydrogen) atoms. The minimum Gasteiger partial charge on any atom is -0.331 e. The van der Waals surface area contributed by atoms with Crippen molar-refractivity contribution in [1.29, 1.82) is 5.26 Å². The number of nitrogens with zero attached hydrogens (tertiary/aromatic N) is 3. The SMILES string of the molecule is Cn1c(C2(C)CCCCC2)nc2c(C#N)cccc21. The molecule has 1 aromatic heterocycles. The Labute approximate surface area is 113 Å². The van der Waals surface area contributed by atoms with Gasteiger partial charge in [-0.05, 0) is 25.0 Å². The van der Waals surface area contributed by atoms with Crippen molar-refractivity contribution in [2.24, 2.45) is 7.05 Å². The van der Waals surface area contributed by atoms with Gasteiger partial charge in [-0.2, -0.15) is 5.26 Å². The summed E-state index contributed by atoms with van der Waals surface area (Å²) in [7, 11) is 2.08. The monoisotopic (exact) mass is 253 g/mol. The summed E-state index contributed by atoms with van der Waals surface area (Å²) >= 11 is 0. The Morgan fingerprint density at radius 2 is 2.00 bits per heavy atom. The summed E-state index contributed by atoms with van der Waals surface area (Å²) in [6, 6.07) is 8.09. The lowest BCUT2D eigenvalue weighted by Gasteiger charge is -2.32. The van der Waals surface area contributed by atoms with E-state index in [0.717, 1.165) is 16.9 Å². The van der Waals surface area contributed by atoms with Gasteiger partial charge in [0, 0.05) is 12.5 Å². The Morgan fingerprint density at radius 3 is 2.68 bits per heavy atom. The molecule has 1 fully saturated rings. The van der Waals surface area contributed by atoms with Gasteiger partial charge in [-0.25, -0.2) is 4.98 Å². The van der Waals surface area contributed by atoms with E-state index in [9.17, 15) is 5.26 Å². The average Bonchev–Trinajstić information content (AvgIpc) is 2.78. The number of benzene rings is 1. The Morgan fingerprint density at radius 1 is 1.26 bits per heavy atom. The first-order valence-corrected chi connectivity index (χ1v) is 7.02. The van der Waals surface area contributed by atoms with Crippen LogP contribution >= 0.6 is 0 Å². The topological polar surface area (TPSA) is 41.6 Å². The van der Waals surface area contributed by atoms with Gasteiger partial charge >= 0.3 is 0 Å². The molecule has 0 radical (unpaired) electrons. The lowest BCUT2D eigenvalue weighted by atomic mass is 9.75. The number of hydrogen-bond acceptors (Lipinski definition) is 2. The highest BCUT2D eigenvalue weighted by Crippen LogP contribution is 2.39. The van der Waals surface area contributed by atoms with Gasteiger partial charge < -0.3 is 4.57 Å². The molecule has 0 spiro atoms. The fraction of sp³-hybridized carbons (Fsp3) is 0.500. The summed E-state index contributed by atoms with van der Waals surface area (Å²) in [5, 5.41) is 9.21. The highest BCUT2D eigenvalue weighted by Gasteiger charge is 2.33. The zero-order valence-electron chi connectivity index (χ0n) is 11.6. The number of aryl methyl sites for hydroxylation is 1. The number of fused-ring (bicyclic) bond motifs is 1. The molecule has 3 nitrogen and oxygen atoms in total. The first-order valence-electron chi connectivity index (χ1n) is 7.02. The van der Waals surface area contributed by atoms with E-state index in [1.54, 1.807) is 0 Å². The number of imidazole rings is 1. The third-order valence-electron chi connectivity index (χ3n) is 4.53. The van der Waals surface area contributed by atoms with Crippen LogP contribution in [0.15, 0.2) is 18.2 Å². The van der Waals surface area contributed by atoms with Gasteiger partial charge in [-0.1, -0.05) is 32.3 Å². The molecule has 98 valence electrons. The normalized spacial score (nSPS) is 18.4. The molecule has 1 aliphatic carbocycles. The van der Waals surface area contributed by atoms with Crippen LogP contribution in [0, 0.1) is 11.3 Å². The smallest absolute Gasteiger partial charge is 0.115 e. The van der Waals surface area contributed by atoms with E-state index >= 15 is 0 Å². The molecular weight excluding hydrogens is 234 g/mol. The quantitative estimate of drug-likeness (QED) is 0.778. The van der Waals surface area contributed by atoms with Crippen molar-refractivity contribution in [3.05, 3.63) is 29.6 Å². The van der Waals surface area contributed by atoms with E-state index in [-0.39, 0.29) is 5.41 Å². The molecule has 0 amide bonds. The van der Waals surface area contributed by atoms with Gasteiger partial charge in [0.15, 0.2) is 0 Å². The van der Waals surface area contributed by atoms with E-state index in [0.29, 0.717) is 5.56 Å². The van der Waals surface area contributed by atoms with Crippen molar-refractivity contribution >= 4 is 11.0 Å². The van der Waals surface area contributed by atoms with Crippen LogP contribution in [-0.2, 0) is 12.5 Å². The second-order valence-electron chi connectivity index (χ2n) is 5.90. The van der Waals surface area contributed by atoms with Gasteiger partial charge in [0.25, 0.3) is 0 Å². The first kappa shape index (κ1) is 12.2. The van der Waals surface area contributed by atoms with Crippen molar-refractivity contribution in [1.82, 2.24) is 9.55 Å². The van der Waals surface area contributed by atoms with Gasteiger partial charge in [-0.15, -0.1) is 0 Å². The third-order valence-corrected chi connectivity index (χ3v) is 4.53. The van der Waals surface area contributed by atoms with Gasteiger partial charge in [-0.3, -0.25) is 0 Å². The van der Waals surface area contributed by atoms with E-state index in [1.807, 2.05) is 12.1 Å². The summed E-state index contributed by atoms with van der Waals surface area (Å²) in [4.78, 5) is 4.82. The molecule has 0 atom stereocenters. The Bertz CT molecular complexity index is 654. The predicted octanol–water partition coefficient (Wildman–Crippen LogP) is 3.67. The van der Waals surface area contributed by atoms with E-state index in [4.69, 9.17) is 4.98 Å². The minimum absolute atomic E-state index is 0.165. The maximum Gasteiger partial charge on any atom is 0.115 e. The summed E-state index contributed by atoms with van der Waals surface area (Å²) in [5.74, 6) is 1.14. The molecule has 0 bridgehead atoms. The largest absolute Gasteiger partial charge is 0.331 e. The highest BCUT2D eigenvalue weighted by atomic mass is 15.1. The van der Waals surface area contributed by atoms with E-state index in [1.165, 1.54) is 32.1 Å². The Balaban J connectivity index is 2.20. The molecule has 1 heterocycles. The molecule has 0 N–H and O–H groups in total. The summed E-state index contributed by atoms with van der Waals surface area (Å²) < 4.78 is 2.18. The number of para-hydroxylation sites is 1. The number of nitriles is 1. The van der Waals surface area contributed by atoms with Crippen LogP contribution in [0.25, 0.3) is 11.0 Å². The molecule has 1 aliphatic rings. The number of rotatable bonds is 1. The molecule has 0 aliphatic heterocycles. The fourth-order valence-corrected chi connectivity index (χ4v) is 3.40. The van der Waals surface area contributed by atoms with Crippen LogP contribution in [0.5, 0.6) is 0 Å². The second-order valence-corrected chi connectivity index (χ2v) is 5.90. The lowest BCUT2D eigenvalue weighted by molar-refractivity contribution is 0.299. The van der Waals surface area contributed by atoms with Crippen LogP contribution in [0.1, 0.15) is 50.4 Å². The first-order chi connectivity index (χ1) is 9.15. The minimum atomic E-state index is 0.165.